The normalized spacial score (nSPS) is 21.0. The molecule has 2 aromatic heterocycles. The van der Waals surface area contributed by atoms with Gasteiger partial charge in [0.25, 0.3) is 0 Å². The van der Waals surface area contributed by atoms with Crippen molar-refractivity contribution in [3.8, 4) is 0 Å². The smallest absolute Gasteiger partial charge is 0.246 e. The van der Waals surface area contributed by atoms with Crippen LogP contribution in [0.3, 0.4) is 0 Å². The first-order valence-electron chi connectivity index (χ1n) is 11.5. The van der Waals surface area contributed by atoms with Gasteiger partial charge in [-0.1, -0.05) is 44.6 Å². The average Bonchev–Trinajstić information content (AvgIpc) is 3.54. The Labute approximate surface area is 198 Å². The molecule has 1 aromatic carbocycles. The number of nitrogens with zero attached hydrogens (tertiary/aromatic N) is 5. The molecule has 176 valence electrons. The molecular formula is C26H28FN5O2. The molecule has 5 rings (SSSR count). The second kappa shape index (κ2) is 10.1. The third kappa shape index (κ3) is 4.42. The van der Waals surface area contributed by atoms with Crippen molar-refractivity contribution in [3.05, 3.63) is 83.6 Å². The lowest BCUT2D eigenvalue weighted by Gasteiger charge is -2.24. The second-order valence-electron chi connectivity index (χ2n) is 7.97. The molecular weight excluding hydrogens is 433 g/mol. The van der Waals surface area contributed by atoms with E-state index in [1.54, 1.807) is 24.7 Å². The molecule has 3 aromatic rings. The summed E-state index contributed by atoms with van der Waals surface area (Å²) in [6, 6.07) is 10.2. The number of rotatable bonds is 5. The number of hydrogen-bond acceptors (Lipinski definition) is 7. The molecule has 1 saturated heterocycles. The van der Waals surface area contributed by atoms with E-state index in [1.807, 2.05) is 30.9 Å². The van der Waals surface area contributed by atoms with E-state index in [0.29, 0.717) is 37.1 Å². The van der Waals surface area contributed by atoms with Crippen LogP contribution in [-0.4, -0.2) is 33.0 Å². The zero-order chi connectivity index (χ0) is 24.1. The second-order valence-corrected chi connectivity index (χ2v) is 7.97. The SMILES string of the molecule is C=C=C1c2cccnc2N=CN1Cc1nc([C@]2(CC)CO[C@@H](c3ccc(F)cc3)C2)no1.CC. The average molecular weight is 462 g/mol. The summed E-state index contributed by atoms with van der Waals surface area (Å²) < 4.78 is 25.0. The van der Waals surface area contributed by atoms with E-state index >= 15 is 0 Å². The summed E-state index contributed by atoms with van der Waals surface area (Å²) in [5.41, 5.74) is 5.16. The van der Waals surface area contributed by atoms with Crippen LogP contribution in [0.2, 0.25) is 0 Å². The first-order valence-corrected chi connectivity index (χ1v) is 11.5. The summed E-state index contributed by atoms with van der Waals surface area (Å²) in [5, 5.41) is 4.29. The summed E-state index contributed by atoms with van der Waals surface area (Å²) >= 11 is 0. The monoisotopic (exact) mass is 461 g/mol. The Bertz CT molecular complexity index is 1220. The van der Waals surface area contributed by atoms with Crippen molar-refractivity contribution in [2.24, 2.45) is 4.99 Å². The molecule has 0 bridgehead atoms. The van der Waals surface area contributed by atoms with E-state index in [0.717, 1.165) is 23.2 Å². The number of aliphatic imine (C=N–C) groups is 1. The van der Waals surface area contributed by atoms with E-state index in [-0.39, 0.29) is 17.3 Å². The Morgan fingerprint density at radius 1 is 1.24 bits per heavy atom. The van der Waals surface area contributed by atoms with Gasteiger partial charge in [0.15, 0.2) is 11.6 Å². The summed E-state index contributed by atoms with van der Waals surface area (Å²) in [4.78, 5) is 15.2. The van der Waals surface area contributed by atoms with Gasteiger partial charge in [-0.15, -0.1) is 5.73 Å². The van der Waals surface area contributed by atoms with Crippen LogP contribution in [0.15, 0.2) is 64.4 Å². The first kappa shape index (κ1) is 23.5. The highest BCUT2D eigenvalue weighted by Gasteiger charge is 2.44. The van der Waals surface area contributed by atoms with Gasteiger partial charge in [-0.2, -0.15) is 4.98 Å². The lowest BCUT2D eigenvalue weighted by atomic mass is 9.81. The van der Waals surface area contributed by atoms with Crippen molar-refractivity contribution >= 4 is 17.9 Å². The van der Waals surface area contributed by atoms with E-state index in [9.17, 15) is 4.39 Å². The van der Waals surface area contributed by atoms with Crippen molar-refractivity contribution < 1.29 is 13.7 Å². The molecule has 8 heteroatoms. The van der Waals surface area contributed by atoms with Crippen molar-refractivity contribution in [2.45, 2.75) is 51.7 Å². The maximum Gasteiger partial charge on any atom is 0.246 e. The topological polar surface area (TPSA) is 76.6 Å². The first-order chi connectivity index (χ1) is 16.6. The van der Waals surface area contributed by atoms with E-state index in [2.05, 4.69) is 34.4 Å². The maximum absolute atomic E-state index is 13.3. The molecule has 7 nitrogen and oxygen atoms in total. The van der Waals surface area contributed by atoms with Gasteiger partial charge >= 0.3 is 0 Å². The van der Waals surface area contributed by atoms with Gasteiger partial charge in [0.1, 0.15) is 12.4 Å². The highest BCUT2D eigenvalue weighted by molar-refractivity contribution is 5.85. The zero-order valence-electron chi connectivity index (χ0n) is 19.7. The molecule has 0 N–H and O–H groups in total. The quantitative estimate of drug-likeness (QED) is 0.451. The predicted molar refractivity (Wildman–Crippen MR) is 128 cm³/mol. The van der Waals surface area contributed by atoms with Crippen LogP contribution in [0.4, 0.5) is 10.2 Å². The fraction of sp³-hybridized carbons (Fsp3) is 0.346. The van der Waals surface area contributed by atoms with Gasteiger partial charge < -0.3 is 14.2 Å². The van der Waals surface area contributed by atoms with Crippen LogP contribution in [0.1, 0.15) is 62.6 Å². The van der Waals surface area contributed by atoms with E-state index in [4.69, 9.17) is 14.2 Å². The van der Waals surface area contributed by atoms with Crippen molar-refractivity contribution in [1.82, 2.24) is 20.0 Å². The standard InChI is InChI=1S/C24H22FN5O2.C2H6/c1-3-19-18-6-5-11-26-22(18)27-15-30(19)13-21-28-23(29-32-21)24(4-2)12-20(31-14-24)16-7-9-17(25)10-8-16;1-2/h5-11,15,20H,1,4,12-14H2,2H3;1-2H3/t20-,24+;/m1./s1. The maximum atomic E-state index is 13.3. The number of pyridine rings is 1. The molecule has 4 heterocycles. The molecule has 34 heavy (non-hydrogen) atoms. The third-order valence-electron chi connectivity index (χ3n) is 6.12. The molecule has 0 saturated carbocycles. The fourth-order valence-corrected chi connectivity index (χ4v) is 4.20. The lowest BCUT2D eigenvalue weighted by Crippen LogP contribution is -2.27. The Balaban J connectivity index is 0.00000133. The number of ether oxygens (including phenoxy) is 1. The van der Waals surface area contributed by atoms with Gasteiger partial charge in [0, 0.05) is 6.20 Å². The molecule has 0 unspecified atom stereocenters. The molecule has 0 aliphatic carbocycles. The Morgan fingerprint density at radius 2 is 2.03 bits per heavy atom. The van der Waals surface area contributed by atoms with E-state index in [1.165, 1.54) is 12.1 Å². The molecule has 0 radical (unpaired) electrons. The number of aromatic nitrogens is 3. The highest BCUT2D eigenvalue weighted by atomic mass is 19.1. The molecule has 2 aliphatic heterocycles. The fourth-order valence-electron chi connectivity index (χ4n) is 4.20. The summed E-state index contributed by atoms with van der Waals surface area (Å²) in [6.45, 7) is 10.7. The van der Waals surface area contributed by atoms with Crippen LogP contribution >= 0.6 is 0 Å². The number of halogens is 1. The minimum Gasteiger partial charge on any atom is -0.372 e. The third-order valence-corrected chi connectivity index (χ3v) is 6.12. The summed E-state index contributed by atoms with van der Waals surface area (Å²) in [6.07, 6.45) is 4.74. The molecule has 2 aliphatic rings. The van der Waals surface area contributed by atoms with Crippen molar-refractivity contribution in [3.63, 3.8) is 0 Å². The van der Waals surface area contributed by atoms with Crippen molar-refractivity contribution in [1.29, 1.82) is 0 Å². The van der Waals surface area contributed by atoms with Crippen LogP contribution in [0, 0.1) is 5.82 Å². The Hall–Kier alpha value is -3.61. The van der Waals surface area contributed by atoms with Gasteiger partial charge in [-0.3, -0.25) is 0 Å². The van der Waals surface area contributed by atoms with Crippen molar-refractivity contribution in [2.75, 3.05) is 6.61 Å². The summed E-state index contributed by atoms with van der Waals surface area (Å²) in [7, 11) is 0. The number of benzene rings is 1. The lowest BCUT2D eigenvalue weighted by molar-refractivity contribution is 0.103. The van der Waals surface area contributed by atoms with Crippen LogP contribution in [0.5, 0.6) is 0 Å². The van der Waals surface area contributed by atoms with Crippen LogP contribution < -0.4 is 0 Å². The van der Waals surface area contributed by atoms with Gasteiger partial charge in [-0.25, -0.2) is 14.4 Å². The highest BCUT2D eigenvalue weighted by Crippen LogP contribution is 2.44. The predicted octanol–water partition coefficient (Wildman–Crippen LogP) is 5.74. The summed E-state index contributed by atoms with van der Waals surface area (Å²) in [5.74, 6) is 1.45. The van der Waals surface area contributed by atoms with Crippen LogP contribution in [-0.2, 0) is 16.7 Å². The minimum atomic E-state index is -0.357. The largest absolute Gasteiger partial charge is 0.372 e. The molecule has 1 fully saturated rings. The van der Waals surface area contributed by atoms with Gasteiger partial charge in [-0.05, 0) is 42.7 Å². The Kier molecular flexibility index (Phi) is 7.01. The number of fused-ring (bicyclic) bond motifs is 1. The number of hydrogen-bond donors (Lipinski definition) is 0. The molecule has 0 spiro atoms. The molecule has 0 amide bonds. The zero-order valence-corrected chi connectivity index (χ0v) is 19.7. The van der Waals surface area contributed by atoms with Gasteiger partial charge in [0.2, 0.25) is 5.89 Å². The van der Waals surface area contributed by atoms with Crippen LogP contribution in [0.25, 0.3) is 5.70 Å². The van der Waals surface area contributed by atoms with Gasteiger partial charge in [0.05, 0.1) is 35.7 Å². The Morgan fingerprint density at radius 3 is 2.76 bits per heavy atom. The minimum absolute atomic E-state index is 0.133. The van der Waals surface area contributed by atoms with E-state index < -0.39 is 0 Å². The molecule has 2 atom stereocenters.